The smallest absolute Gasteiger partial charge is 0.256 e. The van der Waals surface area contributed by atoms with E-state index in [-0.39, 0.29) is 13.4 Å². The highest BCUT2D eigenvalue weighted by molar-refractivity contribution is 7.03. The molecule has 5 heterocycles. The van der Waals surface area contributed by atoms with E-state index in [1.165, 1.54) is 199 Å². The summed E-state index contributed by atoms with van der Waals surface area (Å²) in [6.07, 6.45) is 17.2. The van der Waals surface area contributed by atoms with Crippen LogP contribution in [0.2, 0.25) is 0 Å². The highest BCUT2D eigenvalue weighted by atomic mass is 16.5. The minimum atomic E-state index is -0.0746. The van der Waals surface area contributed by atoms with Gasteiger partial charge in [-0.3, -0.25) is 0 Å². The van der Waals surface area contributed by atoms with Gasteiger partial charge in [-0.15, -0.1) is 0 Å². The second kappa shape index (κ2) is 21.4. The van der Waals surface area contributed by atoms with E-state index in [1.807, 2.05) is 0 Å². The average molecular weight is 1110 g/mol. The van der Waals surface area contributed by atoms with Crippen molar-refractivity contribution in [2.45, 2.75) is 139 Å². The van der Waals surface area contributed by atoms with Crippen molar-refractivity contribution in [3.8, 4) is 39.4 Å². The van der Waals surface area contributed by atoms with Crippen molar-refractivity contribution >= 4 is 97.3 Å². The Morgan fingerprint density at radius 3 is 1.58 bits per heavy atom. The van der Waals surface area contributed by atoms with Crippen molar-refractivity contribution in [2.24, 2.45) is 0 Å². The molecule has 15 rings (SSSR count). The summed E-state index contributed by atoms with van der Waals surface area (Å²) in [5.41, 5.74) is 33.5. The summed E-state index contributed by atoms with van der Waals surface area (Å²) in [6.45, 7) is 18.1. The van der Waals surface area contributed by atoms with E-state index in [0.29, 0.717) is 0 Å². The largest absolute Gasteiger partial charge is 0.458 e. The van der Waals surface area contributed by atoms with Crippen molar-refractivity contribution in [3.63, 3.8) is 0 Å². The standard InChI is InChI=1S/C79H77B2N3O/c1-9-13-17-53-25-31-59(32-26-53)82-70-38-30-56(20-16-12-4)42-66(70)81-68-47-67-71(48-75(68)85-76-46-58(45-74(82)78(76)81)63-40-50(6)22-24-52(63)8)83(60-33-27-54(28-34-60)18-14-10-2)72-43-57(62-39-49(5)21-23-51(62)7)44-73-77(72)80(67)65-36-35-61-64-41-55(19-15-11-3)29-37-69(64)84(73)79(61)65/h21-35,37-48H,9-20,36H2,1-8H3. The molecule has 10 aromatic rings. The Labute approximate surface area is 504 Å². The lowest BCUT2D eigenvalue weighted by atomic mass is 9.30. The van der Waals surface area contributed by atoms with Crippen LogP contribution < -0.4 is 52.4 Å². The van der Waals surface area contributed by atoms with Gasteiger partial charge in [0.25, 0.3) is 6.71 Å². The third kappa shape index (κ3) is 8.78. The molecule has 0 amide bonds. The first-order valence-corrected chi connectivity index (χ1v) is 32.3. The second-order valence-corrected chi connectivity index (χ2v) is 25.6. The van der Waals surface area contributed by atoms with Crippen LogP contribution in [-0.4, -0.2) is 18.0 Å². The van der Waals surface area contributed by atoms with Crippen LogP contribution in [0.25, 0.3) is 50.4 Å². The fourth-order valence-corrected chi connectivity index (χ4v) is 15.3. The Balaban J connectivity index is 1.03. The van der Waals surface area contributed by atoms with Gasteiger partial charge in [-0.1, -0.05) is 161 Å². The van der Waals surface area contributed by atoms with E-state index < -0.39 is 0 Å². The molecule has 0 saturated carbocycles. The van der Waals surface area contributed by atoms with Crippen LogP contribution >= 0.6 is 0 Å². The molecule has 4 aliphatic heterocycles. The molecule has 0 fully saturated rings. The number of hydrogen-bond acceptors (Lipinski definition) is 3. The van der Waals surface area contributed by atoms with E-state index in [1.54, 1.807) is 0 Å². The molecule has 1 aliphatic carbocycles. The van der Waals surface area contributed by atoms with E-state index in [9.17, 15) is 0 Å². The Morgan fingerprint density at radius 1 is 0.424 bits per heavy atom. The van der Waals surface area contributed by atoms with Crippen LogP contribution in [0.1, 0.15) is 130 Å². The number of unbranched alkanes of at least 4 members (excludes halogenated alkanes) is 4. The summed E-state index contributed by atoms with van der Waals surface area (Å²) in [5.74, 6) is 1.87. The first kappa shape index (κ1) is 53.5. The van der Waals surface area contributed by atoms with Gasteiger partial charge in [0.2, 0.25) is 6.71 Å². The van der Waals surface area contributed by atoms with Crippen molar-refractivity contribution in [1.82, 2.24) is 4.57 Å². The molecule has 0 atom stereocenters. The molecular formula is C79H77B2N3O. The summed E-state index contributed by atoms with van der Waals surface area (Å²) in [5, 5.41) is 4.17. The Kier molecular flexibility index (Phi) is 13.5. The summed E-state index contributed by atoms with van der Waals surface area (Å²) >= 11 is 0. The van der Waals surface area contributed by atoms with Crippen LogP contribution in [0.5, 0.6) is 11.5 Å². The van der Waals surface area contributed by atoms with E-state index >= 15 is 0 Å². The Morgan fingerprint density at radius 2 is 0.953 bits per heavy atom. The molecular weight excluding hydrogens is 1030 g/mol. The number of ether oxygens (including phenoxy) is 1. The lowest BCUT2D eigenvalue weighted by molar-refractivity contribution is 0.488. The molecule has 0 bridgehead atoms. The fourth-order valence-electron chi connectivity index (χ4n) is 15.3. The third-order valence-electron chi connectivity index (χ3n) is 19.8. The Hall–Kier alpha value is -8.21. The predicted molar refractivity (Wildman–Crippen MR) is 365 cm³/mol. The van der Waals surface area contributed by atoms with Crippen molar-refractivity contribution in [2.75, 3.05) is 9.80 Å². The quantitative estimate of drug-likeness (QED) is 0.0900. The molecule has 0 radical (unpaired) electrons. The average Bonchev–Trinajstić information content (AvgIpc) is 1.79. The van der Waals surface area contributed by atoms with Crippen LogP contribution in [0, 0.1) is 27.7 Å². The van der Waals surface area contributed by atoms with Gasteiger partial charge in [-0.05, 0) is 235 Å². The molecule has 0 unspecified atom stereocenters. The highest BCUT2D eigenvalue weighted by Crippen LogP contribution is 2.48. The van der Waals surface area contributed by atoms with E-state index in [4.69, 9.17) is 4.74 Å². The second-order valence-electron chi connectivity index (χ2n) is 25.6. The monoisotopic (exact) mass is 1110 g/mol. The first-order valence-electron chi connectivity index (χ1n) is 32.3. The topological polar surface area (TPSA) is 20.6 Å². The van der Waals surface area contributed by atoms with Gasteiger partial charge < -0.3 is 19.1 Å². The lowest BCUT2D eigenvalue weighted by Gasteiger charge is -2.43. The zero-order valence-corrected chi connectivity index (χ0v) is 51.2. The maximum atomic E-state index is 7.77. The molecule has 0 N–H and O–H groups in total. The molecule has 4 nitrogen and oxygen atoms in total. The van der Waals surface area contributed by atoms with Crippen LogP contribution in [-0.2, 0) is 25.7 Å². The predicted octanol–water partition coefficient (Wildman–Crippen LogP) is 16.3. The van der Waals surface area contributed by atoms with Crippen LogP contribution in [0.3, 0.4) is 0 Å². The number of fused-ring (bicyclic) bond motifs is 11. The minimum absolute atomic E-state index is 0.0149. The van der Waals surface area contributed by atoms with Gasteiger partial charge in [0.15, 0.2) is 0 Å². The van der Waals surface area contributed by atoms with Gasteiger partial charge in [-0.2, -0.15) is 0 Å². The number of anilines is 6. The van der Waals surface area contributed by atoms with Gasteiger partial charge in [0, 0.05) is 61.8 Å². The number of aromatic nitrogens is 1. The SMILES string of the molecule is CCCCc1ccc(N2c3ccc(CCCC)cc3B3c4cc5c(cc4Oc4cc(-c6cc(C)ccc6C)cc2c43)N(c2ccc(CCCC)cc2)c2cc(-c3cc(C)ccc3C)cc3c2B5C2=c4c(c5cc(CCCC)ccc5n4-3)=CC2)cc1. The lowest BCUT2D eigenvalue weighted by Crippen LogP contribution is -2.62. The van der Waals surface area contributed by atoms with Crippen LogP contribution in [0.15, 0.2) is 158 Å². The van der Waals surface area contributed by atoms with Crippen molar-refractivity contribution < 1.29 is 4.74 Å². The number of hydrogen-bond donors (Lipinski definition) is 0. The van der Waals surface area contributed by atoms with Crippen molar-refractivity contribution in [1.29, 1.82) is 0 Å². The Bertz CT molecular complexity index is 4490. The summed E-state index contributed by atoms with van der Waals surface area (Å²) in [7, 11) is 0. The van der Waals surface area contributed by atoms with Crippen molar-refractivity contribution in [3.05, 3.63) is 213 Å². The highest BCUT2D eigenvalue weighted by Gasteiger charge is 2.48. The number of rotatable bonds is 16. The molecule has 0 spiro atoms. The number of aryl methyl sites for hydroxylation is 8. The van der Waals surface area contributed by atoms with Gasteiger partial charge in [0.05, 0.1) is 5.52 Å². The molecule has 6 heteroatoms. The fraction of sp³-hybridized carbons (Fsp3) is 0.266. The third-order valence-corrected chi connectivity index (χ3v) is 19.8. The van der Waals surface area contributed by atoms with E-state index in [0.717, 1.165) is 56.4 Å². The maximum Gasteiger partial charge on any atom is 0.256 e. The van der Waals surface area contributed by atoms with Gasteiger partial charge in [0.1, 0.15) is 11.5 Å². The van der Waals surface area contributed by atoms with Gasteiger partial charge >= 0.3 is 0 Å². The minimum Gasteiger partial charge on any atom is -0.458 e. The molecule has 1 aromatic heterocycles. The maximum absolute atomic E-state index is 7.77. The van der Waals surface area contributed by atoms with Gasteiger partial charge in [-0.25, -0.2) is 0 Å². The van der Waals surface area contributed by atoms with E-state index in [2.05, 4.69) is 234 Å². The number of benzene rings is 9. The first-order chi connectivity index (χ1) is 41.6. The molecule has 420 valence electrons. The summed E-state index contributed by atoms with van der Waals surface area (Å²) in [6, 6.07) is 62.8. The molecule has 0 saturated heterocycles. The molecule has 85 heavy (non-hydrogen) atoms. The molecule has 5 aliphatic rings. The summed E-state index contributed by atoms with van der Waals surface area (Å²) < 4.78 is 10.5. The zero-order chi connectivity index (χ0) is 57.8. The van der Waals surface area contributed by atoms with Crippen LogP contribution in [0.4, 0.5) is 34.1 Å². The molecule has 9 aromatic carbocycles. The summed E-state index contributed by atoms with van der Waals surface area (Å²) in [4.78, 5) is 5.20. The number of nitrogens with zero attached hydrogens (tertiary/aromatic N) is 3. The zero-order valence-electron chi connectivity index (χ0n) is 51.2. The normalized spacial score (nSPS) is 13.8.